The maximum Gasteiger partial charge on any atom is 0.308 e. The van der Waals surface area contributed by atoms with E-state index in [1.165, 1.54) is 0 Å². The zero-order chi connectivity index (χ0) is 13.7. The van der Waals surface area contributed by atoms with Crippen LogP contribution < -0.4 is 0 Å². The SMILES string of the molecule is C[N+](C)(C)CCOC(=O)CC(O)C[N+](C)(C)C. The molecule has 0 fully saturated rings. The van der Waals surface area contributed by atoms with E-state index in [1.807, 2.05) is 42.3 Å². The predicted molar refractivity (Wildman–Crippen MR) is 67.4 cm³/mol. The van der Waals surface area contributed by atoms with Gasteiger partial charge >= 0.3 is 5.97 Å². The number of aliphatic hydroxyl groups excluding tert-OH is 1. The lowest BCUT2D eigenvalue weighted by Crippen LogP contribution is -2.42. The standard InChI is InChI=1S/C12H28N2O3/c1-13(2,3)7-8-17-12(16)9-11(15)10-14(4,5)6/h11,15H,7-10H2,1-6H3/q+2. The molecule has 17 heavy (non-hydrogen) atoms. The Labute approximate surface area is 105 Å². The number of nitrogens with zero attached hydrogens (tertiary/aromatic N) is 2. The quantitative estimate of drug-likeness (QED) is 0.497. The Morgan fingerprint density at radius 1 is 1.12 bits per heavy atom. The van der Waals surface area contributed by atoms with Crippen LogP contribution in [0.5, 0.6) is 0 Å². The number of quaternary nitrogens is 2. The summed E-state index contributed by atoms with van der Waals surface area (Å²) in [6, 6.07) is 0. The molecule has 1 N–H and O–H groups in total. The highest BCUT2D eigenvalue weighted by Crippen LogP contribution is 2.01. The monoisotopic (exact) mass is 248 g/mol. The highest BCUT2D eigenvalue weighted by molar-refractivity contribution is 5.69. The summed E-state index contributed by atoms with van der Waals surface area (Å²) >= 11 is 0. The van der Waals surface area contributed by atoms with Crippen LogP contribution in [-0.2, 0) is 9.53 Å². The van der Waals surface area contributed by atoms with Gasteiger partial charge in [-0.3, -0.25) is 4.79 Å². The van der Waals surface area contributed by atoms with Gasteiger partial charge in [0.1, 0.15) is 25.8 Å². The van der Waals surface area contributed by atoms with Crippen molar-refractivity contribution >= 4 is 5.97 Å². The number of carbonyl (C=O) groups is 1. The fourth-order valence-corrected chi connectivity index (χ4v) is 1.38. The Morgan fingerprint density at radius 3 is 2.06 bits per heavy atom. The molecular formula is C12H28N2O3+2. The van der Waals surface area contributed by atoms with Gasteiger partial charge in [0.25, 0.3) is 0 Å². The van der Waals surface area contributed by atoms with Crippen LogP contribution in [-0.4, -0.2) is 88.1 Å². The fraction of sp³-hybridized carbons (Fsp3) is 0.917. The van der Waals surface area contributed by atoms with Crippen LogP contribution in [0.3, 0.4) is 0 Å². The van der Waals surface area contributed by atoms with Gasteiger partial charge in [-0.15, -0.1) is 0 Å². The van der Waals surface area contributed by atoms with Crippen molar-refractivity contribution in [2.45, 2.75) is 12.5 Å². The van der Waals surface area contributed by atoms with Crippen molar-refractivity contribution in [2.75, 3.05) is 62.0 Å². The molecular weight excluding hydrogens is 220 g/mol. The molecule has 0 bridgehead atoms. The minimum atomic E-state index is -0.633. The van der Waals surface area contributed by atoms with Crippen LogP contribution in [0.15, 0.2) is 0 Å². The minimum Gasteiger partial charge on any atom is -0.460 e. The summed E-state index contributed by atoms with van der Waals surface area (Å²) in [5, 5.41) is 9.69. The third-order valence-corrected chi connectivity index (χ3v) is 2.19. The summed E-state index contributed by atoms with van der Waals surface area (Å²) in [5.41, 5.74) is 0. The third kappa shape index (κ3) is 11.6. The van der Waals surface area contributed by atoms with Crippen molar-refractivity contribution in [2.24, 2.45) is 0 Å². The molecule has 0 aliphatic rings. The van der Waals surface area contributed by atoms with Crippen LogP contribution in [0.2, 0.25) is 0 Å². The van der Waals surface area contributed by atoms with Crippen molar-refractivity contribution in [1.82, 2.24) is 0 Å². The molecule has 0 saturated heterocycles. The van der Waals surface area contributed by atoms with Crippen LogP contribution in [0.4, 0.5) is 0 Å². The summed E-state index contributed by atoms with van der Waals surface area (Å²) < 4.78 is 6.47. The first kappa shape index (κ1) is 16.4. The molecule has 0 aromatic rings. The molecule has 0 aromatic heterocycles. The van der Waals surface area contributed by atoms with Gasteiger partial charge in [-0.05, 0) is 0 Å². The number of hydrogen-bond donors (Lipinski definition) is 1. The van der Waals surface area contributed by atoms with E-state index in [1.54, 1.807) is 0 Å². The Balaban J connectivity index is 3.80. The van der Waals surface area contributed by atoms with Crippen molar-refractivity contribution in [1.29, 1.82) is 0 Å². The Kier molecular flexibility index (Phi) is 6.09. The van der Waals surface area contributed by atoms with Crippen molar-refractivity contribution < 1.29 is 23.6 Å². The zero-order valence-corrected chi connectivity index (χ0v) is 12.1. The summed E-state index contributed by atoms with van der Waals surface area (Å²) in [4.78, 5) is 11.4. The minimum absolute atomic E-state index is 0.0761. The molecule has 5 heteroatoms. The number of aliphatic hydroxyl groups is 1. The molecule has 102 valence electrons. The molecule has 1 atom stereocenters. The van der Waals surface area contributed by atoms with Gasteiger partial charge in [-0.2, -0.15) is 0 Å². The molecule has 5 nitrogen and oxygen atoms in total. The number of rotatable bonds is 7. The van der Waals surface area contributed by atoms with Crippen LogP contribution >= 0.6 is 0 Å². The molecule has 1 unspecified atom stereocenters. The maximum atomic E-state index is 11.4. The van der Waals surface area contributed by atoms with E-state index < -0.39 is 6.10 Å². The smallest absolute Gasteiger partial charge is 0.308 e. The lowest BCUT2D eigenvalue weighted by Gasteiger charge is -2.26. The van der Waals surface area contributed by atoms with Crippen molar-refractivity contribution in [3.63, 3.8) is 0 Å². The number of hydrogen-bond acceptors (Lipinski definition) is 3. The van der Waals surface area contributed by atoms with Gasteiger partial charge in [0.2, 0.25) is 0 Å². The topological polar surface area (TPSA) is 46.5 Å². The largest absolute Gasteiger partial charge is 0.460 e. The normalized spacial score (nSPS) is 14.5. The lowest BCUT2D eigenvalue weighted by molar-refractivity contribution is -0.873. The van der Waals surface area contributed by atoms with Gasteiger partial charge in [0.05, 0.1) is 48.7 Å². The van der Waals surface area contributed by atoms with E-state index in [-0.39, 0.29) is 12.4 Å². The van der Waals surface area contributed by atoms with E-state index in [0.29, 0.717) is 17.6 Å². The van der Waals surface area contributed by atoms with Crippen molar-refractivity contribution in [3.8, 4) is 0 Å². The zero-order valence-electron chi connectivity index (χ0n) is 12.1. The van der Waals surface area contributed by atoms with E-state index in [0.717, 1.165) is 11.0 Å². The average molecular weight is 248 g/mol. The first-order valence-corrected chi connectivity index (χ1v) is 5.94. The highest BCUT2D eigenvalue weighted by atomic mass is 16.5. The predicted octanol–water partition coefficient (Wildman–Crippen LogP) is -0.307. The Bertz CT molecular complexity index is 241. The molecule has 0 aromatic carbocycles. The Hall–Kier alpha value is -0.650. The molecule has 0 rings (SSSR count). The maximum absolute atomic E-state index is 11.4. The summed E-state index contributed by atoms with van der Waals surface area (Å²) in [5.74, 6) is -0.320. The Morgan fingerprint density at radius 2 is 1.65 bits per heavy atom. The van der Waals surface area contributed by atoms with Crippen LogP contribution in [0.25, 0.3) is 0 Å². The molecule has 0 radical (unpaired) electrons. The van der Waals surface area contributed by atoms with Gasteiger partial charge < -0.3 is 18.8 Å². The second kappa shape index (κ2) is 6.33. The number of ether oxygens (including phenoxy) is 1. The number of carbonyl (C=O) groups excluding carboxylic acids is 1. The van der Waals surface area contributed by atoms with E-state index in [4.69, 9.17) is 4.74 Å². The molecule has 0 aliphatic carbocycles. The average Bonchev–Trinajstić information content (AvgIpc) is 1.96. The van der Waals surface area contributed by atoms with Gasteiger partial charge in [-0.1, -0.05) is 0 Å². The second-order valence-electron chi connectivity index (χ2n) is 6.57. The summed E-state index contributed by atoms with van der Waals surface area (Å²) in [7, 11) is 12.1. The molecule has 0 heterocycles. The van der Waals surface area contributed by atoms with E-state index >= 15 is 0 Å². The first-order chi connectivity index (χ1) is 7.49. The van der Waals surface area contributed by atoms with Crippen LogP contribution in [0.1, 0.15) is 6.42 Å². The second-order valence-corrected chi connectivity index (χ2v) is 6.57. The lowest BCUT2D eigenvalue weighted by atomic mass is 10.2. The molecule has 0 spiro atoms. The highest BCUT2D eigenvalue weighted by Gasteiger charge is 2.19. The van der Waals surface area contributed by atoms with E-state index in [2.05, 4.69) is 0 Å². The van der Waals surface area contributed by atoms with Crippen LogP contribution in [0, 0.1) is 0 Å². The molecule has 0 aliphatic heterocycles. The number of likely N-dealkylation sites (N-methyl/N-ethyl adjacent to an activating group) is 2. The van der Waals surface area contributed by atoms with Gasteiger partial charge in [-0.25, -0.2) is 0 Å². The molecule has 0 saturated carbocycles. The number of esters is 1. The van der Waals surface area contributed by atoms with Crippen molar-refractivity contribution in [3.05, 3.63) is 0 Å². The summed E-state index contributed by atoms with van der Waals surface area (Å²) in [6.45, 7) is 1.72. The third-order valence-electron chi connectivity index (χ3n) is 2.19. The molecule has 0 amide bonds. The summed E-state index contributed by atoms with van der Waals surface area (Å²) in [6.07, 6.45) is -0.557. The van der Waals surface area contributed by atoms with Gasteiger partial charge in [0, 0.05) is 0 Å². The van der Waals surface area contributed by atoms with E-state index in [9.17, 15) is 9.90 Å². The van der Waals surface area contributed by atoms with Gasteiger partial charge in [0.15, 0.2) is 0 Å². The fourth-order valence-electron chi connectivity index (χ4n) is 1.38. The first-order valence-electron chi connectivity index (χ1n) is 5.94.